The van der Waals surface area contributed by atoms with Crippen LogP contribution < -0.4 is 10.0 Å². The summed E-state index contributed by atoms with van der Waals surface area (Å²) in [5.74, 6) is 0. The Kier molecular flexibility index (Phi) is 4.43. The van der Waals surface area contributed by atoms with Gasteiger partial charge in [-0.05, 0) is 73.9 Å². The standard InChI is InChI=1S/C21H26N4O3S/c1-24-10-11-25-9-8-19(18(25)13-24)29(27,28)23-21(26)22-20-16-6-2-4-14(16)12-15-5-3-7-17(15)20/h8-9,12H,2-7,10-11,13H2,1H3,(H2,22,23,26). The smallest absolute Gasteiger partial charge is 0.333 e. The molecule has 29 heavy (non-hydrogen) atoms. The Labute approximate surface area is 171 Å². The number of likely N-dealkylation sites (N-methyl/N-ethyl adjacent to an activating group) is 1. The van der Waals surface area contributed by atoms with Gasteiger partial charge in [-0.15, -0.1) is 0 Å². The average molecular weight is 415 g/mol. The van der Waals surface area contributed by atoms with E-state index in [-0.39, 0.29) is 4.90 Å². The quantitative estimate of drug-likeness (QED) is 0.808. The van der Waals surface area contributed by atoms with Crippen molar-refractivity contribution in [3.63, 3.8) is 0 Å². The fourth-order valence-corrected chi connectivity index (χ4v) is 6.14. The van der Waals surface area contributed by atoms with Crippen molar-refractivity contribution in [1.29, 1.82) is 0 Å². The first-order chi connectivity index (χ1) is 13.9. The zero-order valence-corrected chi connectivity index (χ0v) is 17.4. The van der Waals surface area contributed by atoms with Crippen LogP contribution in [0, 0.1) is 0 Å². The molecule has 1 aliphatic heterocycles. The number of benzene rings is 1. The van der Waals surface area contributed by atoms with Gasteiger partial charge >= 0.3 is 6.03 Å². The number of amides is 2. The van der Waals surface area contributed by atoms with E-state index in [1.165, 1.54) is 22.3 Å². The van der Waals surface area contributed by atoms with Gasteiger partial charge in [-0.1, -0.05) is 6.07 Å². The van der Waals surface area contributed by atoms with Gasteiger partial charge in [-0.25, -0.2) is 17.9 Å². The number of anilines is 1. The summed E-state index contributed by atoms with van der Waals surface area (Å²) in [5, 5.41) is 2.90. The van der Waals surface area contributed by atoms with Crippen LogP contribution in [0.25, 0.3) is 0 Å². The van der Waals surface area contributed by atoms with Gasteiger partial charge in [0.15, 0.2) is 0 Å². The molecule has 0 spiro atoms. The molecular formula is C21H26N4O3S. The van der Waals surface area contributed by atoms with Gasteiger partial charge in [0.05, 0.1) is 5.69 Å². The van der Waals surface area contributed by atoms with Crippen LogP contribution in [0.1, 0.15) is 40.8 Å². The average Bonchev–Trinajstić information content (AvgIpc) is 3.39. The molecule has 2 aromatic rings. The Hall–Kier alpha value is -2.32. The van der Waals surface area contributed by atoms with E-state index in [0.29, 0.717) is 6.54 Å². The van der Waals surface area contributed by atoms with Crippen molar-refractivity contribution < 1.29 is 13.2 Å². The van der Waals surface area contributed by atoms with Crippen molar-refractivity contribution in [1.82, 2.24) is 14.2 Å². The van der Waals surface area contributed by atoms with Crippen molar-refractivity contribution in [3.05, 3.63) is 46.3 Å². The molecule has 2 N–H and O–H groups in total. The monoisotopic (exact) mass is 414 g/mol. The highest BCUT2D eigenvalue weighted by molar-refractivity contribution is 7.90. The fraction of sp³-hybridized carbons (Fsp3) is 0.476. The molecule has 154 valence electrons. The highest BCUT2D eigenvalue weighted by Crippen LogP contribution is 2.38. The lowest BCUT2D eigenvalue weighted by Gasteiger charge is -2.25. The molecule has 7 nitrogen and oxygen atoms in total. The van der Waals surface area contributed by atoms with E-state index in [9.17, 15) is 13.2 Å². The van der Waals surface area contributed by atoms with Crippen LogP contribution in [0.5, 0.6) is 0 Å². The maximum Gasteiger partial charge on any atom is 0.333 e. The van der Waals surface area contributed by atoms with E-state index in [2.05, 4.69) is 21.0 Å². The molecule has 8 heteroatoms. The maximum atomic E-state index is 12.9. The Morgan fingerprint density at radius 3 is 2.41 bits per heavy atom. The third-order valence-corrected chi connectivity index (χ3v) is 7.81. The number of nitrogens with zero attached hydrogens (tertiary/aromatic N) is 2. The molecule has 0 saturated heterocycles. The number of rotatable bonds is 3. The Balaban J connectivity index is 1.41. The summed E-state index contributed by atoms with van der Waals surface area (Å²) in [6.07, 6.45) is 7.87. The predicted molar refractivity (Wildman–Crippen MR) is 111 cm³/mol. The van der Waals surface area contributed by atoms with Crippen LogP contribution in [0.15, 0.2) is 23.2 Å². The highest BCUT2D eigenvalue weighted by Gasteiger charge is 2.29. The molecule has 0 unspecified atom stereocenters. The highest BCUT2D eigenvalue weighted by atomic mass is 32.2. The van der Waals surface area contributed by atoms with Crippen LogP contribution >= 0.6 is 0 Å². The molecular weight excluding hydrogens is 388 g/mol. The third-order valence-electron chi connectivity index (χ3n) is 6.41. The second-order valence-electron chi connectivity index (χ2n) is 8.35. The second kappa shape index (κ2) is 6.88. The zero-order valence-electron chi connectivity index (χ0n) is 16.6. The van der Waals surface area contributed by atoms with E-state index in [0.717, 1.165) is 63.0 Å². The van der Waals surface area contributed by atoms with Crippen LogP contribution in [0.4, 0.5) is 10.5 Å². The van der Waals surface area contributed by atoms with Gasteiger partial charge in [0, 0.05) is 31.5 Å². The second-order valence-corrected chi connectivity index (χ2v) is 10.0. The molecule has 2 heterocycles. The minimum absolute atomic E-state index is 0.183. The summed E-state index contributed by atoms with van der Waals surface area (Å²) in [7, 11) is -1.98. The number of aromatic nitrogens is 1. The number of hydrogen-bond acceptors (Lipinski definition) is 4. The van der Waals surface area contributed by atoms with Gasteiger partial charge in [0.25, 0.3) is 10.0 Å². The predicted octanol–water partition coefficient (Wildman–Crippen LogP) is 2.42. The lowest BCUT2D eigenvalue weighted by Crippen LogP contribution is -2.36. The minimum Gasteiger partial charge on any atom is -0.348 e. The molecule has 0 fully saturated rings. The Morgan fingerprint density at radius 2 is 1.72 bits per heavy atom. The number of fused-ring (bicyclic) bond motifs is 3. The van der Waals surface area contributed by atoms with E-state index in [1.54, 1.807) is 12.3 Å². The SMILES string of the molecule is CN1CCn2ccc(S(=O)(=O)NC(=O)Nc3c4c(cc5c3CCC5)CCC4)c2C1. The molecule has 0 atom stereocenters. The fourth-order valence-electron chi connectivity index (χ4n) is 5.00. The van der Waals surface area contributed by atoms with Gasteiger partial charge in [0.1, 0.15) is 4.90 Å². The number of urea groups is 1. The number of sulfonamides is 1. The summed E-state index contributed by atoms with van der Waals surface area (Å²) in [6.45, 7) is 2.17. The molecule has 0 radical (unpaired) electrons. The first-order valence-electron chi connectivity index (χ1n) is 10.3. The van der Waals surface area contributed by atoms with Crippen LogP contribution in [0.3, 0.4) is 0 Å². The van der Waals surface area contributed by atoms with Crippen molar-refractivity contribution in [3.8, 4) is 0 Å². The van der Waals surface area contributed by atoms with Crippen LogP contribution in [-0.4, -0.2) is 37.5 Å². The Bertz CT molecular complexity index is 1070. The lowest BCUT2D eigenvalue weighted by molar-refractivity contribution is 0.256. The van der Waals surface area contributed by atoms with Crippen molar-refractivity contribution in [2.24, 2.45) is 0 Å². The number of hydrogen-bond donors (Lipinski definition) is 2. The molecule has 5 rings (SSSR count). The molecule has 1 aromatic heterocycles. The summed E-state index contributed by atoms with van der Waals surface area (Å²) >= 11 is 0. The number of carbonyl (C=O) groups is 1. The van der Waals surface area contributed by atoms with E-state index < -0.39 is 16.1 Å². The van der Waals surface area contributed by atoms with Crippen LogP contribution in [0.2, 0.25) is 0 Å². The lowest BCUT2D eigenvalue weighted by atomic mass is 9.99. The minimum atomic E-state index is -3.94. The number of nitrogens with one attached hydrogen (secondary N) is 2. The molecule has 3 aliphatic rings. The normalized spacial score (nSPS) is 18.2. The number of carbonyl (C=O) groups excluding carboxylic acids is 1. The summed E-state index contributed by atoms with van der Waals surface area (Å²) < 4.78 is 30.1. The maximum absolute atomic E-state index is 12.9. The molecule has 0 bridgehead atoms. The Morgan fingerprint density at radius 1 is 1.03 bits per heavy atom. The molecule has 2 aliphatic carbocycles. The van der Waals surface area contributed by atoms with E-state index in [4.69, 9.17) is 0 Å². The zero-order chi connectivity index (χ0) is 20.2. The largest absolute Gasteiger partial charge is 0.348 e. The van der Waals surface area contributed by atoms with Crippen molar-refractivity contribution in [2.75, 3.05) is 18.9 Å². The first kappa shape index (κ1) is 18.7. The summed E-state index contributed by atoms with van der Waals surface area (Å²) in [4.78, 5) is 15.0. The van der Waals surface area contributed by atoms with Crippen molar-refractivity contribution >= 4 is 21.7 Å². The van der Waals surface area contributed by atoms with Gasteiger partial charge in [0.2, 0.25) is 0 Å². The van der Waals surface area contributed by atoms with Gasteiger partial charge in [-0.3, -0.25) is 4.90 Å². The van der Waals surface area contributed by atoms with Crippen LogP contribution in [-0.2, 0) is 48.8 Å². The topological polar surface area (TPSA) is 83.4 Å². The van der Waals surface area contributed by atoms with E-state index >= 15 is 0 Å². The molecule has 2 amide bonds. The molecule has 0 saturated carbocycles. The third kappa shape index (κ3) is 3.24. The van der Waals surface area contributed by atoms with Crippen molar-refractivity contribution in [2.45, 2.75) is 56.5 Å². The molecule has 1 aromatic carbocycles. The first-order valence-corrected chi connectivity index (χ1v) is 11.8. The summed E-state index contributed by atoms with van der Waals surface area (Å²) in [5.41, 5.74) is 6.53. The van der Waals surface area contributed by atoms with E-state index in [1.807, 2.05) is 11.6 Å². The number of aryl methyl sites for hydroxylation is 2. The summed E-state index contributed by atoms with van der Waals surface area (Å²) in [6, 6.07) is 3.19. The van der Waals surface area contributed by atoms with Gasteiger partial charge < -0.3 is 9.88 Å². The van der Waals surface area contributed by atoms with Gasteiger partial charge in [-0.2, -0.15) is 0 Å².